The van der Waals surface area contributed by atoms with Crippen LogP contribution in [0.25, 0.3) is 0 Å². The summed E-state index contributed by atoms with van der Waals surface area (Å²) in [6.07, 6.45) is -20.2. The SMILES string of the molecule is CCCCCCCC/C=C\CCCCCCCCCCCCCC(=O)N[C@@H](CO[C@@H]1OC(CO)[C@@H](O[C@@H]2OC(CO)[C@H](O)[C@H](O[C@@H]3OC(CO)[C@@H](O)[C@H](O[C@@H]4OC(CO)[C@H](O)[C@H](O[C@]5(C(=O)O)CC(O)[C@@H](NC(C)=O)C([C@H](O)[C@@H](CO)O[C@]6(C(=O)O)CC(O)[C@@H](NC(C)=O)C([C@H](O)[C@H](O)CO)O6)O5)C4O)C3NC(C)=O)C2O)[C@H](O)C1O)[C@H](O)/C=C/CCCCCCCCCCCCC. The van der Waals surface area contributed by atoms with E-state index in [1.807, 2.05) is 6.08 Å². The predicted molar refractivity (Wildman–Crippen MR) is 467 cm³/mol. The maximum Gasteiger partial charge on any atom is 0.364 e. The molecular weight excluding hydrogens is 1760 g/mol. The van der Waals surface area contributed by atoms with Crippen LogP contribution in [0.5, 0.6) is 0 Å². The van der Waals surface area contributed by atoms with Crippen LogP contribution in [0, 0.1) is 0 Å². The third-order valence-corrected chi connectivity index (χ3v) is 25.3. The van der Waals surface area contributed by atoms with Gasteiger partial charge in [-0.2, -0.15) is 0 Å². The van der Waals surface area contributed by atoms with E-state index < -0.39 is 296 Å². The van der Waals surface area contributed by atoms with Crippen molar-refractivity contribution in [1.29, 1.82) is 0 Å². The summed E-state index contributed by atoms with van der Waals surface area (Å²) < 4.78 is 70.9. The van der Waals surface area contributed by atoms with E-state index in [1.165, 1.54) is 122 Å². The van der Waals surface area contributed by atoms with E-state index in [0.29, 0.717) is 12.8 Å². The molecule has 6 aliphatic heterocycles. The van der Waals surface area contributed by atoms with Crippen LogP contribution in [0.2, 0.25) is 0 Å². The molecule has 12 unspecified atom stereocenters. The van der Waals surface area contributed by atoms with E-state index in [-0.39, 0.29) is 12.3 Å². The Bertz CT molecular complexity index is 3360. The highest BCUT2D eigenvalue weighted by molar-refractivity contribution is 5.78. The Hall–Kier alpha value is -4.94. The minimum Gasteiger partial charge on any atom is -0.477 e. The summed E-state index contributed by atoms with van der Waals surface area (Å²) in [6.45, 7) is -0.575. The number of unbranched alkanes of at least 4 members (excludes halogenated alkanes) is 28. The summed E-state index contributed by atoms with van der Waals surface area (Å²) in [5.74, 6) is -14.6. The van der Waals surface area contributed by atoms with Gasteiger partial charge in [0.25, 0.3) is 11.6 Å². The second kappa shape index (κ2) is 60.9. The first-order chi connectivity index (χ1) is 63.6. The van der Waals surface area contributed by atoms with Crippen LogP contribution >= 0.6 is 0 Å². The lowest BCUT2D eigenvalue weighted by molar-refractivity contribution is -0.390. The first kappa shape index (κ1) is 117. The monoisotopic (exact) mass is 1920 g/mol. The Morgan fingerprint density at radius 1 is 0.406 bits per heavy atom. The van der Waals surface area contributed by atoms with Crippen LogP contribution in [0.1, 0.15) is 253 Å². The van der Waals surface area contributed by atoms with Crippen LogP contribution in [-0.4, -0.2) is 396 Å². The van der Waals surface area contributed by atoms with Crippen molar-refractivity contribution in [1.82, 2.24) is 21.3 Å². The number of aliphatic hydroxyl groups excluding tert-OH is 19. The Labute approximate surface area is 777 Å². The number of nitrogens with one attached hydrogen (secondary N) is 4. The van der Waals surface area contributed by atoms with Gasteiger partial charge in [0, 0.05) is 40.0 Å². The third kappa shape index (κ3) is 35.7. The number of aliphatic hydroxyl groups is 19. The van der Waals surface area contributed by atoms with Gasteiger partial charge in [0.05, 0.1) is 82.7 Å². The zero-order valence-electron chi connectivity index (χ0n) is 77.5. The third-order valence-electron chi connectivity index (χ3n) is 25.3. The number of hydrogen-bond donors (Lipinski definition) is 25. The van der Waals surface area contributed by atoms with Crippen LogP contribution in [-0.2, 0) is 85.6 Å². The second-order valence-corrected chi connectivity index (χ2v) is 36.0. The number of ether oxygens (including phenoxy) is 12. The number of carbonyl (C=O) groups excluding carboxylic acids is 4. The van der Waals surface area contributed by atoms with E-state index in [1.54, 1.807) is 6.08 Å². The smallest absolute Gasteiger partial charge is 0.364 e. The summed E-state index contributed by atoms with van der Waals surface area (Å²) in [6, 6.07) is -6.91. The molecule has 43 heteroatoms. The minimum absolute atomic E-state index is 0.135. The Balaban J connectivity index is 1.15. The molecule has 6 heterocycles. The number of carboxylic acid groups (broad SMARTS) is 2. The quantitative estimate of drug-likeness (QED) is 0.0237. The number of carbonyl (C=O) groups is 6. The van der Waals surface area contributed by atoms with Crippen LogP contribution < -0.4 is 21.3 Å². The maximum absolute atomic E-state index is 13.8. The van der Waals surface area contributed by atoms with Crippen LogP contribution in [0.3, 0.4) is 0 Å². The van der Waals surface area contributed by atoms with Crippen molar-refractivity contribution in [2.75, 3.05) is 46.2 Å². The van der Waals surface area contributed by atoms with E-state index in [0.717, 1.165) is 85.0 Å². The molecule has 6 fully saturated rings. The molecule has 6 aliphatic rings. The molecule has 0 radical (unpaired) electrons. The molecule has 133 heavy (non-hydrogen) atoms. The van der Waals surface area contributed by atoms with Crippen molar-refractivity contribution in [2.24, 2.45) is 0 Å². The molecule has 25 N–H and O–H groups in total. The summed E-state index contributed by atoms with van der Waals surface area (Å²) in [4.78, 5) is 79.0. The standard InChI is InChI=1S/C90H158N4O39/c1-6-8-10-12-14-16-18-20-21-22-23-24-25-26-27-29-31-33-35-37-39-41-64(108)94-54(55(104)40-38-36-34-32-30-28-19-17-15-13-11-9-7-2)50-122-84-74(115)73(114)77(63(49-100)126-84)127-85-75(116)81(70(111)60(46-97)124-85)129-83-67(93-53(5)103)78(69(110)59(45-96)123-83)128-86-76(117)82(71(112)61(47-98)125-86)133-90(88(120)121)43-57(106)66(92-52(4)102)80(132-90)72(113)62(48-99)130-89(87(118)119)42-56(105)65(91-51(3)101)79(131-89)68(109)58(107)44-95/h20-21,38,40,54-63,65-86,95-100,104-107,109-117H,6-19,22-37,39,41-50H2,1-5H3,(H,91,101)(H,92,102)(H,93,103)(H,94,108)(H,118,119)(H,120,121)/b21-20-,40-38+/t54-,55+,56?,57?,58+,59?,60?,61?,62+,63?,65+,66+,67?,68+,69+,70-,71-,72+,73+,74?,75?,76?,77+,78+,79?,80?,81-,82-,83-,84+,85-,86-,89+,90-/m0/s1. The fourth-order valence-electron chi connectivity index (χ4n) is 17.7. The van der Waals surface area contributed by atoms with E-state index >= 15 is 0 Å². The largest absolute Gasteiger partial charge is 0.477 e. The highest BCUT2D eigenvalue weighted by atomic mass is 16.8. The highest BCUT2D eigenvalue weighted by Gasteiger charge is 2.64. The molecule has 772 valence electrons. The molecule has 6 saturated heterocycles. The van der Waals surface area contributed by atoms with E-state index in [4.69, 9.17) is 56.8 Å². The molecule has 4 amide bonds. The molecule has 0 aromatic rings. The summed E-state index contributed by atoms with van der Waals surface area (Å²) >= 11 is 0. The molecule has 43 nitrogen and oxygen atoms in total. The van der Waals surface area contributed by atoms with Gasteiger partial charge in [0.2, 0.25) is 23.6 Å². The zero-order chi connectivity index (χ0) is 98.1. The van der Waals surface area contributed by atoms with Crippen molar-refractivity contribution in [2.45, 2.75) is 460 Å². The van der Waals surface area contributed by atoms with Gasteiger partial charge in [0.1, 0.15) is 134 Å². The number of allylic oxidation sites excluding steroid dienone is 3. The van der Waals surface area contributed by atoms with Crippen molar-refractivity contribution in [3.05, 3.63) is 24.3 Å². The second-order valence-electron chi connectivity index (χ2n) is 36.0. The average molecular weight is 1920 g/mol. The fourth-order valence-corrected chi connectivity index (χ4v) is 17.7. The summed E-state index contributed by atoms with van der Waals surface area (Å²) in [5, 5.41) is 247. The van der Waals surface area contributed by atoms with Gasteiger partial charge in [-0.25, -0.2) is 9.59 Å². The lowest BCUT2D eigenvalue weighted by atomic mass is 9.87. The number of rotatable bonds is 64. The average Bonchev–Trinajstić information content (AvgIpc) is 0.746. The van der Waals surface area contributed by atoms with Gasteiger partial charge < -0.3 is 185 Å². The Morgan fingerprint density at radius 2 is 0.789 bits per heavy atom. The molecule has 0 saturated carbocycles. The van der Waals surface area contributed by atoms with Crippen molar-refractivity contribution < 1.29 is 193 Å². The van der Waals surface area contributed by atoms with Gasteiger partial charge in [-0.3, -0.25) is 19.2 Å². The Morgan fingerprint density at radius 3 is 1.24 bits per heavy atom. The van der Waals surface area contributed by atoms with Crippen molar-refractivity contribution in [3.8, 4) is 0 Å². The molecule has 0 aromatic carbocycles. The molecular formula is C90H158N4O39. The predicted octanol–water partition coefficient (Wildman–Crippen LogP) is -1.75. The molecule has 0 spiro atoms. The fraction of sp³-hybridized carbons (Fsp3) is 0.889. The van der Waals surface area contributed by atoms with Gasteiger partial charge in [-0.1, -0.05) is 192 Å². The highest BCUT2D eigenvalue weighted by Crippen LogP contribution is 2.43. The number of amides is 4. The molecule has 34 atom stereocenters. The first-order valence-corrected chi connectivity index (χ1v) is 47.9. The Kier molecular flexibility index (Phi) is 53.5. The lowest BCUT2D eigenvalue weighted by Gasteiger charge is -2.52. The van der Waals surface area contributed by atoms with E-state index in [9.17, 15) is 136 Å². The van der Waals surface area contributed by atoms with Gasteiger partial charge >= 0.3 is 11.9 Å². The van der Waals surface area contributed by atoms with Gasteiger partial charge in [-0.05, 0) is 44.9 Å². The number of carboxylic acids is 2. The molecule has 0 aromatic heterocycles. The van der Waals surface area contributed by atoms with Crippen molar-refractivity contribution >= 4 is 35.6 Å². The van der Waals surface area contributed by atoms with Crippen LogP contribution in [0.4, 0.5) is 0 Å². The first-order valence-electron chi connectivity index (χ1n) is 47.9. The van der Waals surface area contributed by atoms with Crippen LogP contribution in [0.15, 0.2) is 24.3 Å². The summed E-state index contributed by atoms with van der Waals surface area (Å²) in [7, 11) is 0. The number of hydrogen-bond acceptors (Lipinski definition) is 37. The lowest BCUT2D eigenvalue weighted by Crippen LogP contribution is -2.72. The molecule has 6 rings (SSSR count). The zero-order valence-corrected chi connectivity index (χ0v) is 77.5. The van der Waals surface area contributed by atoms with Crippen molar-refractivity contribution in [3.63, 3.8) is 0 Å². The molecule has 0 bridgehead atoms. The maximum atomic E-state index is 13.8. The normalized spacial score (nSPS) is 34.1. The minimum atomic E-state index is -3.53. The topological polar surface area (TPSA) is 686 Å². The van der Waals surface area contributed by atoms with Gasteiger partial charge in [-0.15, -0.1) is 0 Å². The molecule has 0 aliphatic carbocycles. The van der Waals surface area contributed by atoms with Gasteiger partial charge in [0.15, 0.2) is 25.2 Å². The number of aliphatic carboxylic acids is 2. The van der Waals surface area contributed by atoms with E-state index in [2.05, 4.69) is 47.3 Å². The summed E-state index contributed by atoms with van der Waals surface area (Å²) in [5.41, 5.74) is 0.